The summed E-state index contributed by atoms with van der Waals surface area (Å²) in [5.41, 5.74) is 0.448. The van der Waals surface area contributed by atoms with E-state index < -0.39 is 0 Å². The van der Waals surface area contributed by atoms with Crippen molar-refractivity contribution >= 4 is 11.7 Å². The first-order chi connectivity index (χ1) is 10.6. The molecule has 0 radical (unpaired) electrons. The van der Waals surface area contributed by atoms with Crippen LogP contribution < -0.4 is 4.90 Å². The molecule has 22 heavy (non-hydrogen) atoms. The van der Waals surface area contributed by atoms with Crippen molar-refractivity contribution in [3.63, 3.8) is 0 Å². The Balaban J connectivity index is 1.83. The van der Waals surface area contributed by atoms with Gasteiger partial charge in [0.25, 0.3) is 5.91 Å². The zero-order valence-corrected chi connectivity index (χ0v) is 13.5. The smallest absolute Gasteiger partial charge is 0.257 e. The first kappa shape index (κ1) is 15.3. The molecule has 1 aromatic heterocycles. The first-order valence-electron chi connectivity index (χ1n) is 8.20. The van der Waals surface area contributed by atoms with Gasteiger partial charge in [-0.3, -0.25) is 4.79 Å². The van der Waals surface area contributed by atoms with E-state index in [9.17, 15) is 4.79 Å². The van der Waals surface area contributed by atoms with Gasteiger partial charge in [0, 0.05) is 32.4 Å². The molecule has 0 aliphatic carbocycles. The summed E-state index contributed by atoms with van der Waals surface area (Å²) in [6, 6.07) is 3.76. The number of hydrogen-bond donors (Lipinski definition) is 0. The summed E-state index contributed by atoms with van der Waals surface area (Å²) >= 11 is 0. The van der Waals surface area contributed by atoms with Crippen molar-refractivity contribution in [3.05, 3.63) is 23.9 Å². The molecule has 1 amide bonds. The lowest BCUT2D eigenvalue weighted by Gasteiger charge is -2.38. The van der Waals surface area contributed by atoms with Crippen LogP contribution in [0.2, 0.25) is 0 Å². The molecule has 5 heteroatoms. The number of nitrogens with zero attached hydrogens (tertiary/aromatic N) is 3. The number of ether oxygens (including phenoxy) is 1. The molecule has 0 bridgehead atoms. The predicted octanol–water partition coefficient (Wildman–Crippen LogP) is 2.32. The number of morpholine rings is 1. The Labute approximate surface area is 132 Å². The lowest BCUT2D eigenvalue weighted by molar-refractivity contribution is -0.0763. The van der Waals surface area contributed by atoms with Gasteiger partial charge in [-0.2, -0.15) is 0 Å². The van der Waals surface area contributed by atoms with Crippen molar-refractivity contribution in [2.45, 2.75) is 38.7 Å². The second kappa shape index (κ2) is 6.24. The van der Waals surface area contributed by atoms with Crippen LogP contribution in [0.25, 0.3) is 0 Å². The number of hydrogen-bond acceptors (Lipinski definition) is 4. The van der Waals surface area contributed by atoms with Crippen LogP contribution in [0, 0.1) is 0 Å². The summed E-state index contributed by atoms with van der Waals surface area (Å²) in [5, 5.41) is 0. The predicted molar refractivity (Wildman–Crippen MR) is 86.2 cm³/mol. The Morgan fingerprint density at radius 3 is 2.73 bits per heavy atom. The van der Waals surface area contributed by atoms with Gasteiger partial charge in [-0.25, -0.2) is 4.98 Å². The largest absolute Gasteiger partial charge is 0.372 e. The Morgan fingerprint density at radius 2 is 2.00 bits per heavy atom. The van der Waals surface area contributed by atoms with Gasteiger partial charge in [0.1, 0.15) is 5.82 Å². The number of piperidine rings is 1. The van der Waals surface area contributed by atoms with Crippen molar-refractivity contribution in [1.82, 2.24) is 9.88 Å². The van der Waals surface area contributed by atoms with Gasteiger partial charge < -0.3 is 14.5 Å². The Morgan fingerprint density at radius 1 is 1.23 bits per heavy atom. The quantitative estimate of drug-likeness (QED) is 0.841. The molecule has 0 saturated carbocycles. The summed E-state index contributed by atoms with van der Waals surface area (Å²) < 4.78 is 5.71. The number of carbonyl (C=O) groups excluding carboxylic acids is 1. The molecule has 3 heterocycles. The minimum absolute atomic E-state index is 0.0741. The highest BCUT2D eigenvalue weighted by atomic mass is 16.5. The van der Waals surface area contributed by atoms with Crippen LogP contribution in [-0.2, 0) is 4.74 Å². The van der Waals surface area contributed by atoms with E-state index in [1.54, 1.807) is 6.20 Å². The lowest BCUT2D eigenvalue weighted by Crippen LogP contribution is -2.50. The van der Waals surface area contributed by atoms with Crippen LogP contribution in [0.3, 0.4) is 0 Å². The lowest BCUT2D eigenvalue weighted by atomic mass is 10.1. The molecule has 2 aliphatic heterocycles. The molecule has 2 saturated heterocycles. The normalized spacial score (nSPS) is 21.7. The van der Waals surface area contributed by atoms with Crippen LogP contribution in [0.15, 0.2) is 18.3 Å². The van der Waals surface area contributed by atoms with E-state index >= 15 is 0 Å². The fraction of sp³-hybridized carbons (Fsp3) is 0.647. The second-order valence-corrected chi connectivity index (χ2v) is 6.76. The Bertz CT molecular complexity index is 538. The van der Waals surface area contributed by atoms with Crippen molar-refractivity contribution < 1.29 is 9.53 Å². The van der Waals surface area contributed by atoms with E-state index in [0.717, 1.165) is 24.5 Å². The Hall–Kier alpha value is -1.62. The van der Waals surface area contributed by atoms with Gasteiger partial charge in [0.2, 0.25) is 0 Å². The summed E-state index contributed by atoms with van der Waals surface area (Å²) in [5.74, 6) is 0.918. The topological polar surface area (TPSA) is 45.7 Å². The average Bonchev–Trinajstić information content (AvgIpc) is 2.54. The molecule has 0 spiro atoms. The van der Waals surface area contributed by atoms with Crippen molar-refractivity contribution in [1.29, 1.82) is 0 Å². The highest BCUT2D eigenvalue weighted by Crippen LogP contribution is 2.25. The van der Waals surface area contributed by atoms with E-state index in [1.165, 1.54) is 19.3 Å². The highest BCUT2D eigenvalue weighted by molar-refractivity contribution is 5.99. The highest BCUT2D eigenvalue weighted by Gasteiger charge is 2.32. The standard InChI is InChI=1S/C17H25N3O2/c1-17(2)13-20(11-12-22-17)16(21)14-7-6-8-18-15(14)19-9-4-3-5-10-19/h6-8H,3-5,9-13H2,1-2H3. The first-order valence-corrected chi connectivity index (χ1v) is 8.20. The van der Waals surface area contributed by atoms with Crippen molar-refractivity contribution in [2.24, 2.45) is 0 Å². The molecule has 0 atom stereocenters. The SMILES string of the molecule is CC1(C)CN(C(=O)c2cccnc2N2CCCCC2)CCO1. The molecular formula is C17H25N3O2. The van der Waals surface area contributed by atoms with Gasteiger partial charge in [-0.15, -0.1) is 0 Å². The Kier molecular flexibility index (Phi) is 4.34. The minimum Gasteiger partial charge on any atom is -0.372 e. The number of rotatable bonds is 2. The van der Waals surface area contributed by atoms with Crippen LogP contribution in [0.1, 0.15) is 43.5 Å². The summed E-state index contributed by atoms with van der Waals surface area (Å²) in [6.07, 6.45) is 5.40. The van der Waals surface area contributed by atoms with Crippen molar-refractivity contribution in [2.75, 3.05) is 37.7 Å². The molecule has 2 fully saturated rings. The second-order valence-electron chi connectivity index (χ2n) is 6.76. The number of aromatic nitrogens is 1. The number of carbonyl (C=O) groups is 1. The van der Waals surface area contributed by atoms with Crippen LogP contribution in [0.5, 0.6) is 0 Å². The van der Waals surface area contributed by atoms with Crippen LogP contribution in [-0.4, -0.2) is 54.2 Å². The molecule has 3 rings (SSSR count). The van der Waals surface area contributed by atoms with Gasteiger partial charge in [-0.05, 0) is 45.2 Å². The van der Waals surface area contributed by atoms with Crippen LogP contribution >= 0.6 is 0 Å². The zero-order chi connectivity index (χ0) is 15.6. The fourth-order valence-electron chi connectivity index (χ4n) is 3.28. The maximum atomic E-state index is 13.0. The molecule has 2 aliphatic rings. The molecule has 120 valence electrons. The maximum Gasteiger partial charge on any atom is 0.257 e. The third kappa shape index (κ3) is 3.24. The summed E-state index contributed by atoms with van der Waals surface area (Å²) in [4.78, 5) is 21.6. The third-order valence-corrected chi connectivity index (χ3v) is 4.39. The number of anilines is 1. The molecule has 5 nitrogen and oxygen atoms in total. The fourth-order valence-corrected chi connectivity index (χ4v) is 3.28. The molecular weight excluding hydrogens is 278 g/mol. The van der Waals surface area contributed by atoms with Gasteiger partial charge >= 0.3 is 0 Å². The van der Waals surface area contributed by atoms with E-state index in [4.69, 9.17) is 4.74 Å². The van der Waals surface area contributed by atoms with E-state index in [2.05, 4.69) is 9.88 Å². The van der Waals surface area contributed by atoms with Gasteiger partial charge in [0.15, 0.2) is 0 Å². The molecule has 0 aromatic carbocycles. The number of amides is 1. The van der Waals surface area contributed by atoms with Gasteiger partial charge in [0.05, 0.1) is 17.8 Å². The molecule has 1 aromatic rings. The summed E-state index contributed by atoms with van der Waals surface area (Å²) in [6.45, 7) is 7.91. The summed E-state index contributed by atoms with van der Waals surface area (Å²) in [7, 11) is 0. The maximum absolute atomic E-state index is 13.0. The van der Waals surface area contributed by atoms with Crippen LogP contribution in [0.4, 0.5) is 5.82 Å². The average molecular weight is 303 g/mol. The monoisotopic (exact) mass is 303 g/mol. The van der Waals surface area contributed by atoms with Gasteiger partial charge in [-0.1, -0.05) is 0 Å². The zero-order valence-electron chi connectivity index (χ0n) is 13.5. The molecule has 0 N–H and O–H groups in total. The van der Waals surface area contributed by atoms with E-state index in [0.29, 0.717) is 19.7 Å². The van der Waals surface area contributed by atoms with E-state index in [1.807, 2.05) is 30.9 Å². The number of pyridine rings is 1. The molecule has 0 unspecified atom stereocenters. The third-order valence-electron chi connectivity index (χ3n) is 4.39. The van der Waals surface area contributed by atoms with Crippen molar-refractivity contribution in [3.8, 4) is 0 Å². The van der Waals surface area contributed by atoms with E-state index in [-0.39, 0.29) is 11.5 Å². The minimum atomic E-state index is -0.276.